The van der Waals surface area contributed by atoms with Gasteiger partial charge in [0.05, 0.1) is 5.69 Å². The van der Waals surface area contributed by atoms with Crippen molar-refractivity contribution >= 4 is 24.3 Å². The van der Waals surface area contributed by atoms with E-state index in [1.807, 2.05) is 17.0 Å². The second kappa shape index (κ2) is 11.7. The van der Waals surface area contributed by atoms with E-state index >= 15 is 0 Å². The van der Waals surface area contributed by atoms with E-state index in [0.717, 1.165) is 83.6 Å². The molecule has 1 atom stereocenters. The first-order valence-corrected chi connectivity index (χ1v) is 12.9. The predicted octanol–water partition coefficient (Wildman–Crippen LogP) is 2.23. The maximum absolute atomic E-state index is 12.7. The fourth-order valence-electron chi connectivity index (χ4n) is 5.39. The molecule has 4 heterocycles. The van der Waals surface area contributed by atoms with Crippen LogP contribution < -0.4 is 22.1 Å². The average Bonchev–Trinajstić information content (AvgIpc) is 3.06. The molecule has 1 aromatic carbocycles. The smallest absolute Gasteiger partial charge is 0.328 e. The summed E-state index contributed by atoms with van der Waals surface area (Å²) in [5.74, 6) is 0.288. The molecule has 10 heteroatoms. The number of halogens is 1. The van der Waals surface area contributed by atoms with Crippen LogP contribution in [0.5, 0.6) is 0 Å². The molecule has 0 saturated carbocycles. The van der Waals surface area contributed by atoms with Crippen LogP contribution in [0.1, 0.15) is 37.7 Å². The van der Waals surface area contributed by atoms with Crippen LogP contribution in [0, 0.1) is 5.41 Å². The number of carbonyl (C=O) groups excluding carboxylic acids is 1. The van der Waals surface area contributed by atoms with Crippen LogP contribution in [-0.2, 0) is 6.42 Å². The van der Waals surface area contributed by atoms with Gasteiger partial charge in [-0.2, -0.15) is 4.98 Å². The molecule has 4 N–H and O–H groups in total. The van der Waals surface area contributed by atoms with Gasteiger partial charge in [-0.3, -0.25) is 9.88 Å². The van der Waals surface area contributed by atoms with E-state index in [4.69, 9.17) is 5.73 Å². The molecule has 36 heavy (non-hydrogen) atoms. The van der Waals surface area contributed by atoms with Crippen LogP contribution in [0.3, 0.4) is 0 Å². The van der Waals surface area contributed by atoms with E-state index in [1.54, 1.807) is 12.3 Å². The molecule has 0 bridgehead atoms. The summed E-state index contributed by atoms with van der Waals surface area (Å²) in [4.78, 5) is 33.7. The molecule has 2 aromatic rings. The summed E-state index contributed by atoms with van der Waals surface area (Å²) in [5.41, 5.74) is 8.07. The molecule has 5 rings (SSSR count). The van der Waals surface area contributed by atoms with Crippen molar-refractivity contribution in [3.8, 4) is 5.69 Å². The van der Waals surface area contributed by atoms with Crippen LogP contribution in [0.25, 0.3) is 5.69 Å². The van der Waals surface area contributed by atoms with Gasteiger partial charge in [0.15, 0.2) is 0 Å². The van der Waals surface area contributed by atoms with Gasteiger partial charge in [-0.1, -0.05) is 12.1 Å². The third-order valence-electron chi connectivity index (χ3n) is 7.95. The number of aromatic nitrogens is 2. The second-order valence-electron chi connectivity index (χ2n) is 10.4. The number of likely N-dealkylation sites (tertiary alicyclic amines) is 2. The minimum Gasteiger partial charge on any atom is -0.328 e. The number of hydrogen-bond acceptors (Lipinski definition) is 6. The Morgan fingerprint density at radius 2 is 1.83 bits per heavy atom. The third-order valence-corrected chi connectivity index (χ3v) is 7.95. The van der Waals surface area contributed by atoms with E-state index in [0.29, 0.717) is 11.5 Å². The predicted molar refractivity (Wildman–Crippen MR) is 144 cm³/mol. The molecule has 3 saturated heterocycles. The van der Waals surface area contributed by atoms with E-state index in [1.165, 1.54) is 16.6 Å². The molecule has 3 aliphatic rings. The Kier molecular flexibility index (Phi) is 8.66. The van der Waals surface area contributed by atoms with E-state index in [-0.39, 0.29) is 24.3 Å². The molecule has 196 valence electrons. The lowest BCUT2D eigenvalue weighted by atomic mass is 9.73. The zero-order valence-corrected chi connectivity index (χ0v) is 21.6. The fraction of sp³-hybridized carbons (Fsp3) is 0.577. The SMILES string of the molecule is Cl.NC1CCCN(CCc2ccc(-n3ccc(NC(=O)N4CCC5(CC4)CNC5)nc3=O)cc2)CC1. The van der Waals surface area contributed by atoms with Crippen molar-refractivity contribution in [2.24, 2.45) is 11.1 Å². The van der Waals surface area contributed by atoms with Gasteiger partial charge in [-0.25, -0.2) is 9.59 Å². The Balaban J connectivity index is 0.00000304. The largest absolute Gasteiger partial charge is 0.354 e. The summed E-state index contributed by atoms with van der Waals surface area (Å²) in [5, 5.41) is 6.13. The Bertz CT molecular complexity index is 1080. The van der Waals surface area contributed by atoms with Gasteiger partial charge < -0.3 is 20.9 Å². The summed E-state index contributed by atoms with van der Waals surface area (Å²) in [7, 11) is 0. The molecule has 1 unspecified atom stereocenters. The molecular weight excluding hydrogens is 478 g/mol. The van der Waals surface area contributed by atoms with Gasteiger partial charge in [0.2, 0.25) is 0 Å². The van der Waals surface area contributed by atoms with Crippen molar-refractivity contribution < 1.29 is 4.79 Å². The minimum atomic E-state index is -0.408. The highest BCUT2D eigenvalue weighted by atomic mass is 35.5. The number of amides is 2. The van der Waals surface area contributed by atoms with Gasteiger partial charge in [-0.05, 0) is 80.8 Å². The zero-order valence-electron chi connectivity index (χ0n) is 20.8. The standard InChI is InChI=1S/C26H37N7O2.ClH/c27-21-2-1-12-31(14-8-21)13-7-20-3-5-22(6-4-20)33-15-9-23(30-25(33)35)29-24(34)32-16-10-26(11-17-32)18-28-19-26;/h3-6,9,15,21,28H,1-2,7-8,10-14,16-19,27H2,(H,29,30,34,35);1H. The number of anilines is 1. The van der Waals surface area contributed by atoms with Crippen LogP contribution in [-0.4, -0.2) is 77.2 Å². The molecule has 9 nitrogen and oxygen atoms in total. The molecule has 1 spiro atoms. The number of nitrogens with zero attached hydrogens (tertiary/aromatic N) is 4. The summed E-state index contributed by atoms with van der Waals surface area (Å²) in [6, 6.07) is 9.88. The van der Waals surface area contributed by atoms with Crippen LogP contribution >= 0.6 is 12.4 Å². The number of hydrogen-bond donors (Lipinski definition) is 3. The molecule has 3 fully saturated rings. The van der Waals surface area contributed by atoms with Crippen molar-refractivity contribution in [2.75, 3.05) is 51.1 Å². The topological polar surface area (TPSA) is 109 Å². The first kappa shape index (κ1) is 26.6. The number of piperidine rings is 1. The number of benzene rings is 1. The normalized spacial score (nSPS) is 21.8. The Labute approximate surface area is 218 Å². The Hall–Kier alpha value is -2.46. The maximum atomic E-state index is 12.7. The van der Waals surface area contributed by atoms with Gasteiger partial charge in [0, 0.05) is 45.0 Å². The molecule has 3 aliphatic heterocycles. The minimum absolute atomic E-state index is 0. The number of carbonyl (C=O) groups is 1. The quantitative estimate of drug-likeness (QED) is 0.563. The van der Waals surface area contributed by atoms with E-state index in [9.17, 15) is 9.59 Å². The first-order valence-electron chi connectivity index (χ1n) is 12.9. The fourth-order valence-corrected chi connectivity index (χ4v) is 5.39. The van der Waals surface area contributed by atoms with Crippen molar-refractivity contribution in [1.29, 1.82) is 0 Å². The summed E-state index contributed by atoms with van der Waals surface area (Å²) >= 11 is 0. The summed E-state index contributed by atoms with van der Waals surface area (Å²) in [6.07, 6.45) is 8.04. The van der Waals surface area contributed by atoms with Crippen LogP contribution in [0.2, 0.25) is 0 Å². The second-order valence-corrected chi connectivity index (χ2v) is 10.4. The van der Waals surface area contributed by atoms with Gasteiger partial charge in [-0.15, -0.1) is 12.4 Å². The van der Waals surface area contributed by atoms with Crippen LogP contribution in [0.4, 0.5) is 10.6 Å². The molecule has 2 amide bonds. The third kappa shape index (κ3) is 6.26. The van der Waals surface area contributed by atoms with Gasteiger partial charge in [0.25, 0.3) is 0 Å². The lowest BCUT2D eigenvalue weighted by molar-refractivity contribution is 0.0718. The van der Waals surface area contributed by atoms with Gasteiger partial charge >= 0.3 is 11.7 Å². The van der Waals surface area contributed by atoms with Crippen molar-refractivity contribution in [3.05, 3.63) is 52.6 Å². The first-order chi connectivity index (χ1) is 17.0. The Morgan fingerprint density at radius 1 is 1.08 bits per heavy atom. The average molecular weight is 516 g/mol. The van der Waals surface area contributed by atoms with Crippen molar-refractivity contribution in [2.45, 2.75) is 44.6 Å². The number of nitrogens with one attached hydrogen (secondary N) is 2. The summed E-state index contributed by atoms with van der Waals surface area (Å²) < 4.78 is 1.50. The highest BCUT2D eigenvalue weighted by Crippen LogP contribution is 2.35. The van der Waals surface area contributed by atoms with Crippen molar-refractivity contribution in [3.63, 3.8) is 0 Å². The molecule has 0 radical (unpaired) electrons. The van der Waals surface area contributed by atoms with E-state index < -0.39 is 5.69 Å². The summed E-state index contributed by atoms with van der Waals surface area (Å²) in [6.45, 7) is 6.79. The molecule has 1 aromatic heterocycles. The number of rotatable bonds is 5. The number of nitrogens with two attached hydrogens (primary N) is 1. The zero-order chi connectivity index (χ0) is 24.3. The lowest BCUT2D eigenvalue weighted by Gasteiger charge is -2.48. The Morgan fingerprint density at radius 3 is 2.50 bits per heavy atom. The highest BCUT2D eigenvalue weighted by Gasteiger charge is 2.40. The monoisotopic (exact) mass is 515 g/mol. The molecule has 0 aliphatic carbocycles. The number of urea groups is 1. The highest BCUT2D eigenvalue weighted by molar-refractivity contribution is 5.88. The maximum Gasteiger partial charge on any atom is 0.354 e. The van der Waals surface area contributed by atoms with Crippen molar-refractivity contribution in [1.82, 2.24) is 24.7 Å². The lowest BCUT2D eigenvalue weighted by Crippen LogP contribution is -2.59. The van der Waals surface area contributed by atoms with E-state index in [2.05, 4.69) is 32.7 Å². The molecular formula is C26H38ClN7O2. The van der Waals surface area contributed by atoms with Crippen LogP contribution in [0.15, 0.2) is 41.3 Å². The van der Waals surface area contributed by atoms with Gasteiger partial charge in [0.1, 0.15) is 5.82 Å².